The zero-order chi connectivity index (χ0) is 20.5. The first kappa shape index (κ1) is 20.0. The van der Waals surface area contributed by atoms with Crippen LogP contribution in [-0.4, -0.2) is 43.7 Å². The zero-order valence-electron chi connectivity index (χ0n) is 15.8. The largest absolute Gasteiger partial charge is 0.368 e. The van der Waals surface area contributed by atoms with Gasteiger partial charge >= 0.3 is 0 Å². The van der Waals surface area contributed by atoms with E-state index in [0.717, 1.165) is 5.56 Å². The van der Waals surface area contributed by atoms with E-state index in [1.54, 1.807) is 26.0 Å². The van der Waals surface area contributed by atoms with Crippen LogP contribution >= 0.6 is 0 Å². The van der Waals surface area contributed by atoms with Crippen molar-refractivity contribution in [2.75, 3.05) is 18.0 Å². The molecule has 1 aliphatic heterocycles. The number of anilines is 1. The van der Waals surface area contributed by atoms with Gasteiger partial charge in [0.05, 0.1) is 4.90 Å². The molecule has 0 saturated heterocycles. The molecule has 0 fully saturated rings. The molecule has 7 nitrogen and oxygen atoms in total. The van der Waals surface area contributed by atoms with E-state index in [0.29, 0.717) is 30.8 Å². The van der Waals surface area contributed by atoms with E-state index >= 15 is 0 Å². The summed E-state index contributed by atoms with van der Waals surface area (Å²) in [6.45, 7) is 4.27. The smallest absolute Gasteiger partial charge is 0.259 e. The maximum atomic E-state index is 13.1. The normalized spacial score (nSPS) is 16.2. The predicted molar refractivity (Wildman–Crippen MR) is 106 cm³/mol. The molecule has 0 aliphatic carbocycles. The molecular weight excluding hydrogens is 378 g/mol. The average molecular weight is 401 g/mol. The van der Waals surface area contributed by atoms with Crippen molar-refractivity contribution in [2.45, 2.75) is 31.2 Å². The molecule has 0 aromatic heterocycles. The fraction of sp³-hybridized carbons (Fsp3) is 0.300. The average Bonchev–Trinajstić information content (AvgIpc) is 3.08. The molecule has 2 amide bonds. The third kappa shape index (κ3) is 3.41. The van der Waals surface area contributed by atoms with Crippen LogP contribution in [0.3, 0.4) is 0 Å². The fourth-order valence-corrected chi connectivity index (χ4v) is 4.94. The van der Waals surface area contributed by atoms with Crippen LogP contribution in [0.1, 0.15) is 29.8 Å². The number of carbonyl (C=O) groups is 2. The maximum Gasteiger partial charge on any atom is 0.259 e. The Kier molecular flexibility index (Phi) is 5.53. The van der Waals surface area contributed by atoms with Crippen molar-refractivity contribution < 1.29 is 18.0 Å². The summed E-state index contributed by atoms with van der Waals surface area (Å²) in [4.78, 5) is 26.5. The number of carbonyl (C=O) groups excluding carboxylic acids is 2. The number of hydrogen-bond acceptors (Lipinski definition) is 4. The Balaban J connectivity index is 1.94. The summed E-state index contributed by atoms with van der Waals surface area (Å²) in [7, 11) is -3.60. The molecule has 3 rings (SSSR count). The van der Waals surface area contributed by atoms with Gasteiger partial charge in [-0.15, -0.1) is 0 Å². The van der Waals surface area contributed by atoms with E-state index in [9.17, 15) is 18.0 Å². The van der Waals surface area contributed by atoms with Crippen LogP contribution in [0.15, 0.2) is 53.4 Å². The Morgan fingerprint density at radius 1 is 1.07 bits per heavy atom. The molecule has 8 heteroatoms. The standard InChI is InChI=1S/C20H23N3O4S/c1-3-22(4-2)28(26,27)16-11-9-14(10-12-16)20(25)23-17-8-6-5-7-15(17)13-18(23)19(21)24/h5-12,18H,3-4,13H2,1-2H3,(H2,21,24)/t18-/m1/s1. The maximum absolute atomic E-state index is 13.1. The molecular formula is C20H23N3O4S. The van der Waals surface area contributed by atoms with Crippen molar-refractivity contribution in [2.24, 2.45) is 5.73 Å². The highest BCUT2D eigenvalue weighted by Gasteiger charge is 2.37. The van der Waals surface area contributed by atoms with Crippen LogP contribution in [0.2, 0.25) is 0 Å². The summed E-state index contributed by atoms with van der Waals surface area (Å²) in [5, 5.41) is 0. The van der Waals surface area contributed by atoms with Crippen molar-refractivity contribution in [1.82, 2.24) is 4.31 Å². The van der Waals surface area contributed by atoms with Crippen LogP contribution in [0, 0.1) is 0 Å². The topological polar surface area (TPSA) is 101 Å². The highest BCUT2D eigenvalue weighted by Crippen LogP contribution is 2.33. The lowest BCUT2D eigenvalue weighted by Gasteiger charge is -2.23. The first-order valence-electron chi connectivity index (χ1n) is 9.12. The summed E-state index contributed by atoms with van der Waals surface area (Å²) >= 11 is 0. The molecule has 2 aromatic rings. The predicted octanol–water partition coefficient (Wildman–Crippen LogP) is 1.77. The molecule has 0 radical (unpaired) electrons. The van der Waals surface area contributed by atoms with E-state index in [-0.39, 0.29) is 10.8 Å². The van der Waals surface area contributed by atoms with E-state index in [1.807, 2.05) is 12.1 Å². The molecule has 28 heavy (non-hydrogen) atoms. The third-order valence-corrected chi connectivity index (χ3v) is 7.03. The van der Waals surface area contributed by atoms with Crippen LogP contribution in [-0.2, 0) is 21.2 Å². The first-order valence-corrected chi connectivity index (χ1v) is 10.6. The van der Waals surface area contributed by atoms with E-state index in [4.69, 9.17) is 5.73 Å². The number of benzene rings is 2. The van der Waals surface area contributed by atoms with Gasteiger partial charge in [-0.2, -0.15) is 4.31 Å². The van der Waals surface area contributed by atoms with Crippen LogP contribution < -0.4 is 10.6 Å². The summed E-state index contributed by atoms with van der Waals surface area (Å²) in [5.74, 6) is -0.967. The van der Waals surface area contributed by atoms with Crippen molar-refractivity contribution in [3.63, 3.8) is 0 Å². The Bertz CT molecular complexity index is 998. The molecule has 0 bridgehead atoms. The molecule has 148 valence electrons. The van der Waals surface area contributed by atoms with Crippen LogP contribution in [0.25, 0.3) is 0 Å². The van der Waals surface area contributed by atoms with Crippen molar-refractivity contribution in [3.8, 4) is 0 Å². The van der Waals surface area contributed by atoms with E-state index < -0.39 is 22.0 Å². The Hall–Kier alpha value is -2.71. The second kappa shape index (κ2) is 7.73. The number of hydrogen-bond donors (Lipinski definition) is 1. The van der Waals surface area contributed by atoms with Gasteiger partial charge in [0.1, 0.15) is 6.04 Å². The second-order valence-electron chi connectivity index (χ2n) is 6.54. The molecule has 0 unspecified atom stereocenters. The van der Waals surface area contributed by atoms with Crippen LogP contribution in [0.5, 0.6) is 0 Å². The molecule has 1 atom stereocenters. The molecule has 2 N–H and O–H groups in total. The fourth-order valence-electron chi connectivity index (χ4n) is 3.49. The summed E-state index contributed by atoms with van der Waals surface area (Å²) in [6, 6.07) is 12.3. The number of amides is 2. The van der Waals surface area contributed by atoms with Crippen LogP contribution in [0.4, 0.5) is 5.69 Å². The summed E-state index contributed by atoms with van der Waals surface area (Å²) in [6.07, 6.45) is 0.367. The van der Waals surface area contributed by atoms with Crippen molar-refractivity contribution in [3.05, 3.63) is 59.7 Å². The van der Waals surface area contributed by atoms with Gasteiger partial charge in [-0.25, -0.2) is 8.42 Å². The lowest BCUT2D eigenvalue weighted by atomic mass is 10.1. The SMILES string of the molecule is CCN(CC)S(=O)(=O)c1ccc(C(=O)N2c3ccccc3C[C@@H]2C(N)=O)cc1. The molecule has 0 spiro atoms. The molecule has 1 heterocycles. The van der Waals surface area contributed by atoms with Gasteiger partial charge in [-0.1, -0.05) is 32.0 Å². The van der Waals surface area contributed by atoms with Gasteiger partial charge in [0, 0.05) is 30.8 Å². The van der Waals surface area contributed by atoms with Gasteiger partial charge in [0.15, 0.2) is 0 Å². The van der Waals surface area contributed by atoms with Gasteiger partial charge in [0.2, 0.25) is 15.9 Å². The Morgan fingerprint density at radius 3 is 2.25 bits per heavy atom. The lowest BCUT2D eigenvalue weighted by molar-refractivity contribution is -0.119. The van der Waals surface area contributed by atoms with Crippen molar-refractivity contribution in [1.29, 1.82) is 0 Å². The van der Waals surface area contributed by atoms with Gasteiger partial charge in [0.25, 0.3) is 5.91 Å². The lowest BCUT2D eigenvalue weighted by Crippen LogP contribution is -2.46. The zero-order valence-corrected chi connectivity index (χ0v) is 16.6. The van der Waals surface area contributed by atoms with Gasteiger partial charge in [-0.3, -0.25) is 14.5 Å². The quantitative estimate of drug-likeness (QED) is 0.797. The minimum Gasteiger partial charge on any atom is -0.368 e. The second-order valence-corrected chi connectivity index (χ2v) is 8.48. The Labute approximate surface area is 164 Å². The van der Waals surface area contributed by atoms with Gasteiger partial charge in [-0.05, 0) is 35.9 Å². The Morgan fingerprint density at radius 2 is 1.68 bits per heavy atom. The summed E-state index contributed by atoms with van der Waals surface area (Å²) < 4.78 is 26.6. The van der Waals surface area contributed by atoms with Gasteiger partial charge < -0.3 is 5.73 Å². The molecule has 1 aliphatic rings. The number of sulfonamides is 1. The van der Waals surface area contributed by atoms with E-state index in [1.165, 1.54) is 33.5 Å². The molecule has 0 saturated carbocycles. The highest BCUT2D eigenvalue weighted by atomic mass is 32.2. The monoisotopic (exact) mass is 401 g/mol. The first-order chi connectivity index (χ1) is 13.3. The number of para-hydroxylation sites is 1. The number of nitrogens with zero attached hydrogens (tertiary/aromatic N) is 2. The number of primary amides is 1. The number of fused-ring (bicyclic) bond motifs is 1. The van der Waals surface area contributed by atoms with E-state index in [2.05, 4.69) is 0 Å². The number of rotatable bonds is 6. The van der Waals surface area contributed by atoms with Crippen molar-refractivity contribution >= 4 is 27.5 Å². The highest BCUT2D eigenvalue weighted by molar-refractivity contribution is 7.89. The minimum absolute atomic E-state index is 0.126. The third-order valence-electron chi connectivity index (χ3n) is 4.97. The molecule has 2 aromatic carbocycles. The number of nitrogens with two attached hydrogens (primary N) is 1. The minimum atomic E-state index is -3.60. The summed E-state index contributed by atoms with van der Waals surface area (Å²) in [5.41, 5.74) is 7.33.